The third-order valence-electron chi connectivity index (χ3n) is 4.99. The molecule has 0 aliphatic carbocycles. The zero-order valence-corrected chi connectivity index (χ0v) is 16.4. The second-order valence-corrected chi connectivity index (χ2v) is 7.30. The monoisotopic (exact) mass is 379 g/mol. The van der Waals surface area contributed by atoms with E-state index in [0.717, 1.165) is 11.3 Å². The van der Waals surface area contributed by atoms with Crippen molar-refractivity contribution in [3.8, 4) is 0 Å². The fraction of sp³-hybridized carbons (Fsp3) is 0.318. The number of rotatable bonds is 5. The van der Waals surface area contributed by atoms with E-state index in [2.05, 4.69) is 24.5 Å². The average molecular weight is 379 g/mol. The van der Waals surface area contributed by atoms with E-state index >= 15 is 0 Å². The SMILES string of the molecule is CNC(=O)c1ccc(NC(=O)[C@@H]2CC(=O)N(c3cccc(C(C)C)c3)C2)cc1. The van der Waals surface area contributed by atoms with Gasteiger partial charge in [-0.3, -0.25) is 14.4 Å². The fourth-order valence-electron chi connectivity index (χ4n) is 3.28. The van der Waals surface area contributed by atoms with Gasteiger partial charge in [-0.2, -0.15) is 0 Å². The molecule has 1 atom stereocenters. The zero-order valence-electron chi connectivity index (χ0n) is 16.4. The summed E-state index contributed by atoms with van der Waals surface area (Å²) in [5, 5.41) is 5.39. The summed E-state index contributed by atoms with van der Waals surface area (Å²) >= 11 is 0. The van der Waals surface area contributed by atoms with Crippen molar-refractivity contribution < 1.29 is 14.4 Å². The Hall–Kier alpha value is -3.15. The minimum absolute atomic E-state index is 0.0454. The maximum atomic E-state index is 12.6. The molecule has 1 saturated heterocycles. The van der Waals surface area contributed by atoms with E-state index in [-0.39, 0.29) is 24.1 Å². The summed E-state index contributed by atoms with van der Waals surface area (Å²) in [6.07, 6.45) is 0.189. The lowest BCUT2D eigenvalue weighted by atomic mass is 10.0. The average Bonchev–Trinajstić information content (AvgIpc) is 3.10. The lowest BCUT2D eigenvalue weighted by Gasteiger charge is -2.18. The van der Waals surface area contributed by atoms with Crippen LogP contribution >= 0.6 is 0 Å². The predicted octanol–water partition coefficient (Wildman–Crippen LogP) is 3.16. The van der Waals surface area contributed by atoms with E-state index in [9.17, 15) is 14.4 Å². The molecule has 2 N–H and O–H groups in total. The van der Waals surface area contributed by atoms with Crippen LogP contribution in [0.3, 0.4) is 0 Å². The molecule has 1 aliphatic heterocycles. The molecule has 3 amide bonds. The van der Waals surface area contributed by atoms with Crippen LogP contribution in [0.2, 0.25) is 0 Å². The van der Waals surface area contributed by atoms with Crippen molar-refractivity contribution in [3.63, 3.8) is 0 Å². The standard InChI is InChI=1S/C22H25N3O3/c1-14(2)16-5-4-6-19(11-16)25-13-17(12-20(25)26)22(28)24-18-9-7-15(8-10-18)21(27)23-3/h4-11,14,17H,12-13H2,1-3H3,(H,23,27)(H,24,28)/t17-/m1/s1. The summed E-state index contributed by atoms with van der Waals surface area (Å²) in [7, 11) is 1.57. The first-order chi connectivity index (χ1) is 13.4. The van der Waals surface area contributed by atoms with Gasteiger partial charge in [-0.1, -0.05) is 26.0 Å². The molecule has 2 aromatic carbocycles. The van der Waals surface area contributed by atoms with E-state index in [1.165, 1.54) is 0 Å². The molecule has 1 heterocycles. The number of anilines is 2. The van der Waals surface area contributed by atoms with Gasteiger partial charge in [0.15, 0.2) is 0 Å². The minimum atomic E-state index is -0.408. The molecule has 0 aromatic heterocycles. The molecule has 3 rings (SSSR count). The van der Waals surface area contributed by atoms with E-state index in [0.29, 0.717) is 23.7 Å². The highest BCUT2D eigenvalue weighted by Gasteiger charge is 2.35. The second-order valence-electron chi connectivity index (χ2n) is 7.30. The van der Waals surface area contributed by atoms with Crippen molar-refractivity contribution in [3.05, 3.63) is 59.7 Å². The van der Waals surface area contributed by atoms with Gasteiger partial charge in [-0.05, 0) is 47.9 Å². The number of carbonyl (C=O) groups is 3. The highest BCUT2D eigenvalue weighted by molar-refractivity contribution is 6.03. The molecule has 0 unspecified atom stereocenters. The van der Waals surface area contributed by atoms with Gasteiger partial charge in [0.2, 0.25) is 11.8 Å². The van der Waals surface area contributed by atoms with Crippen LogP contribution in [0.25, 0.3) is 0 Å². The Morgan fingerprint density at radius 2 is 1.82 bits per heavy atom. The number of benzene rings is 2. The van der Waals surface area contributed by atoms with Crippen molar-refractivity contribution in [2.45, 2.75) is 26.2 Å². The van der Waals surface area contributed by atoms with Gasteiger partial charge in [0.05, 0.1) is 5.92 Å². The Bertz CT molecular complexity index is 890. The summed E-state index contributed by atoms with van der Waals surface area (Å²) in [6, 6.07) is 14.6. The normalized spacial score (nSPS) is 16.4. The van der Waals surface area contributed by atoms with E-state index in [4.69, 9.17) is 0 Å². The van der Waals surface area contributed by atoms with Crippen LogP contribution in [0.1, 0.15) is 42.1 Å². The van der Waals surface area contributed by atoms with Crippen LogP contribution < -0.4 is 15.5 Å². The molecule has 0 radical (unpaired) electrons. The van der Waals surface area contributed by atoms with E-state index in [1.807, 2.05) is 24.3 Å². The van der Waals surface area contributed by atoms with Crippen molar-refractivity contribution in [2.24, 2.45) is 5.92 Å². The molecule has 0 saturated carbocycles. The first-order valence-electron chi connectivity index (χ1n) is 9.42. The van der Waals surface area contributed by atoms with Crippen LogP contribution in [0.4, 0.5) is 11.4 Å². The Morgan fingerprint density at radius 3 is 2.46 bits per heavy atom. The molecular formula is C22H25N3O3. The largest absolute Gasteiger partial charge is 0.355 e. The van der Waals surface area contributed by atoms with Crippen molar-refractivity contribution in [2.75, 3.05) is 23.8 Å². The van der Waals surface area contributed by atoms with Gasteiger partial charge in [-0.25, -0.2) is 0 Å². The lowest BCUT2D eigenvalue weighted by molar-refractivity contribution is -0.122. The lowest BCUT2D eigenvalue weighted by Crippen LogP contribution is -2.28. The zero-order chi connectivity index (χ0) is 20.3. The van der Waals surface area contributed by atoms with Gasteiger partial charge in [0, 0.05) is 37.0 Å². The maximum absolute atomic E-state index is 12.6. The van der Waals surface area contributed by atoms with Crippen LogP contribution in [0.15, 0.2) is 48.5 Å². The van der Waals surface area contributed by atoms with Crippen molar-refractivity contribution in [1.29, 1.82) is 0 Å². The van der Waals surface area contributed by atoms with E-state index in [1.54, 1.807) is 36.2 Å². The third-order valence-corrected chi connectivity index (χ3v) is 4.99. The van der Waals surface area contributed by atoms with Gasteiger partial charge in [0.1, 0.15) is 0 Å². The molecule has 146 valence electrons. The molecule has 28 heavy (non-hydrogen) atoms. The quantitative estimate of drug-likeness (QED) is 0.838. The van der Waals surface area contributed by atoms with Crippen LogP contribution in [0, 0.1) is 5.92 Å². The summed E-state index contributed by atoms with van der Waals surface area (Å²) in [5.41, 5.74) is 3.12. The van der Waals surface area contributed by atoms with Crippen molar-refractivity contribution >= 4 is 29.1 Å². The molecule has 6 nitrogen and oxygen atoms in total. The summed E-state index contributed by atoms with van der Waals surface area (Å²) < 4.78 is 0. The first-order valence-corrected chi connectivity index (χ1v) is 9.42. The van der Waals surface area contributed by atoms with Crippen molar-refractivity contribution in [1.82, 2.24) is 5.32 Å². The molecule has 0 spiro atoms. The third kappa shape index (κ3) is 4.22. The first kappa shape index (κ1) is 19.6. The van der Waals surface area contributed by atoms with E-state index < -0.39 is 5.92 Å². The Labute approximate surface area is 164 Å². The molecule has 2 aromatic rings. The second kappa shape index (κ2) is 8.25. The minimum Gasteiger partial charge on any atom is -0.355 e. The highest BCUT2D eigenvalue weighted by Crippen LogP contribution is 2.28. The molecule has 6 heteroatoms. The van der Waals surface area contributed by atoms with Gasteiger partial charge in [-0.15, -0.1) is 0 Å². The number of amides is 3. The number of carbonyl (C=O) groups excluding carboxylic acids is 3. The number of nitrogens with zero attached hydrogens (tertiary/aromatic N) is 1. The Kier molecular flexibility index (Phi) is 5.78. The highest BCUT2D eigenvalue weighted by atomic mass is 16.2. The summed E-state index contributed by atoms with van der Waals surface area (Å²) in [5.74, 6) is -0.457. The predicted molar refractivity (Wildman–Crippen MR) is 109 cm³/mol. The maximum Gasteiger partial charge on any atom is 0.251 e. The molecule has 1 aliphatic rings. The molecule has 1 fully saturated rings. The molecular weight excluding hydrogens is 354 g/mol. The van der Waals surface area contributed by atoms with Crippen LogP contribution in [-0.4, -0.2) is 31.3 Å². The van der Waals surface area contributed by atoms with Gasteiger partial charge in [0.25, 0.3) is 5.91 Å². The number of hydrogen-bond donors (Lipinski definition) is 2. The van der Waals surface area contributed by atoms with Gasteiger partial charge < -0.3 is 15.5 Å². The number of nitrogens with one attached hydrogen (secondary N) is 2. The van der Waals surface area contributed by atoms with Gasteiger partial charge >= 0.3 is 0 Å². The summed E-state index contributed by atoms with van der Waals surface area (Å²) in [4.78, 5) is 38.4. The molecule has 0 bridgehead atoms. The Morgan fingerprint density at radius 1 is 1.11 bits per heavy atom. The van der Waals surface area contributed by atoms with Crippen LogP contribution in [-0.2, 0) is 9.59 Å². The van der Waals surface area contributed by atoms with Crippen LogP contribution in [0.5, 0.6) is 0 Å². The topological polar surface area (TPSA) is 78.5 Å². The summed E-state index contributed by atoms with van der Waals surface area (Å²) in [6.45, 7) is 4.58. The smallest absolute Gasteiger partial charge is 0.251 e. The fourth-order valence-corrected chi connectivity index (χ4v) is 3.28. The number of hydrogen-bond acceptors (Lipinski definition) is 3. The Balaban J connectivity index is 1.67.